The van der Waals surface area contributed by atoms with E-state index in [1.54, 1.807) is 22.9 Å². The summed E-state index contributed by atoms with van der Waals surface area (Å²) in [5.41, 5.74) is 2.88. The number of carbonyl (C=O) groups excluding carboxylic acids is 1. The third-order valence-corrected chi connectivity index (χ3v) is 4.02. The number of aryl methyl sites for hydroxylation is 1. The van der Waals surface area contributed by atoms with Gasteiger partial charge in [-0.15, -0.1) is 0 Å². The summed E-state index contributed by atoms with van der Waals surface area (Å²) >= 11 is 0. The van der Waals surface area contributed by atoms with Crippen molar-refractivity contribution in [2.24, 2.45) is 0 Å². The van der Waals surface area contributed by atoms with Gasteiger partial charge in [0, 0.05) is 17.3 Å². The van der Waals surface area contributed by atoms with Crippen LogP contribution in [0.15, 0.2) is 36.7 Å². The Morgan fingerprint density at radius 1 is 1.38 bits per heavy atom. The maximum atomic E-state index is 13.5. The molecule has 6 heteroatoms. The van der Waals surface area contributed by atoms with Crippen molar-refractivity contribution in [1.82, 2.24) is 19.7 Å². The number of nitrogens with one attached hydrogen (secondary N) is 1. The Kier molecular flexibility index (Phi) is 4.29. The van der Waals surface area contributed by atoms with Gasteiger partial charge in [-0.1, -0.05) is 19.1 Å². The number of hydrogen-bond acceptors (Lipinski definition) is 3. The second-order valence-electron chi connectivity index (χ2n) is 5.86. The molecule has 1 amide bonds. The molecule has 5 nitrogen and oxygen atoms in total. The maximum absolute atomic E-state index is 13.5. The van der Waals surface area contributed by atoms with E-state index in [4.69, 9.17) is 0 Å². The van der Waals surface area contributed by atoms with Gasteiger partial charge in [-0.05, 0) is 38.5 Å². The van der Waals surface area contributed by atoms with Crippen molar-refractivity contribution in [3.63, 3.8) is 0 Å². The van der Waals surface area contributed by atoms with Crippen LogP contribution in [0.4, 0.5) is 4.39 Å². The highest BCUT2D eigenvalue weighted by molar-refractivity contribution is 5.98. The molecule has 0 saturated carbocycles. The van der Waals surface area contributed by atoms with Gasteiger partial charge in [0.05, 0.1) is 5.69 Å². The number of amides is 1. The fraction of sp³-hybridized carbons (Fsp3) is 0.278. The van der Waals surface area contributed by atoms with Crippen LogP contribution in [0, 0.1) is 12.7 Å². The minimum absolute atomic E-state index is 0.0572. The molecular formula is C18H19FN4O. The van der Waals surface area contributed by atoms with Crippen LogP contribution in [0.1, 0.15) is 36.5 Å². The molecule has 0 aliphatic rings. The molecule has 1 atom stereocenters. The first-order valence-electron chi connectivity index (χ1n) is 7.91. The van der Waals surface area contributed by atoms with E-state index in [0.29, 0.717) is 16.9 Å². The molecule has 0 fully saturated rings. The van der Waals surface area contributed by atoms with Crippen molar-refractivity contribution >= 4 is 11.6 Å². The number of nitrogens with zero attached hydrogens (tertiary/aromatic N) is 3. The van der Waals surface area contributed by atoms with Crippen LogP contribution in [-0.4, -0.2) is 26.3 Å². The van der Waals surface area contributed by atoms with E-state index in [2.05, 4.69) is 15.3 Å². The van der Waals surface area contributed by atoms with Crippen molar-refractivity contribution in [2.75, 3.05) is 0 Å². The van der Waals surface area contributed by atoms with Crippen LogP contribution in [-0.2, 0) is 0 Å². The average Bonchev–Trinajstić information content (AvgIpc) is 2.99. The zero-order chi connectivity index (χ0) is 17.3. The molecule has 124 valence electrons. The van der Waals surface area contributed by atoms with Gasteiger partial charge in [-0.25, -0.2) is 14.4 Å². The van der Waals surface area contributed by atoms with Gasteiger partial charge in [0.2, 0.25) is 0 Å². The van der Waals surface area contributed by atoms with Crippen LogP contribution < -0.4 is 5.32 Å². The number of rotatable bonds is 4. The largest absolute Gasteiger partial charge is 0.348 e. The molecule has 2 aromatic heterocycles. The van der Waals surface area contributed by atoms with Crippen LogP contribution in [0.2, 0.25) is 0 Å². The summed E-state index contributed by atoms with van der Waals surface area (Å²) in [5, 5.41) is 2.90. The smallest absolute Gasteiger partial charge is 0.274 e. The molecule has 3 aromatic rings. The van der Waals surface area contributed by atoms with Crippen LogP contribution >= 0.6 is 0 Å². The van der Waals surface area contributed by atoms with E-state index in [1.165, 1.54) is 12.1 Å². The normalized spacial score (nSPS) is 12.3. The average molecular weight is 326 g/mol. The summed E-state index contributed by atoms with van der Waals surface area (Å²) in [5.74, 6) is -0.579. The summed E-state index contributed by atoms with van der Waals surface area (Å²) < 4.78 is 15.2. The molecule has 2 heterocycles. The second-order valence-corrected chi connectivity index (χ2v) is 5.86. The minimum atomic E-state index is -0.324. The third-order valence-electron chi connectivity index (χ3n) is 4.02. The Bertz CT molecular complexity index is 903. The Morgan fingerprint density at radius 2 is 2.17 bits per heavy atom. The predicted octanol–water partition coefficient (Wildman–Crippen LogP) is 3.37. The SMILES string of the molecule is CC[C@H](C)NC(=O)c1ncn2c(C)cc(-c3cccc(F)c3)nc12. The van der Waals surface area contributed by atoms with Crippen molar-refractivity contribution in [3.8, 4) is 11.3 Å². The lowest BCUT2D eigenvalue weighted by Crippen LogP contribution is -2.32. The fourth-order valence-corrected chi connectivity index (χ4v) is 2.47. The van der Waals surface area contributed by atoms with E-state index < -0.39 is 0 Å². The summed E-state index contributed by atoms with van der Waals surface area (Å²) in [6.07, 6.45) is 2.41. The molecule has 0 saturated heterocycles. The quantitative estimate of drug-likeness (QED) is 0.799. The van der Waals surface area contributed by atoms with Crippen molar-refractivity contribution in [1.29, 1.82) is 0 Å². The first-order chi connectivity index (χ1) is 11.5. The van der Waals surface area contributed by atoms with E-state index in [-0.39, 0.29) is 23.5 Å². The van der Waals surface area contributed by atoms with Gasteiger partial charge in [0.1, 0.15) is 12.1 Å². The minimum Gasteiger partial charge on any atom is -0.348 e. The van der Waals surface area contributed by atoms with Crippen LogP contribution in [0.5, 0.6) is 0 Å². The van der Waals surface area contributed by atoms with E-state index >= 15 is 0 Å². The Balaban J connectivity index is 2.09. The molecule has 3 rings (SSSR count). The summed E-state index contributed by atoms with van der Waals surface area (Å²) in [7, 11) is 0. The van der Waals surface area contributed by atoms with Crippen LogP contribution in [0.3, 0.4) is 0 Å². The molecule has 0 bridgehead atoms. The number of carbonyl (C=O) groups is 1. The molecular weight excluding hydrogens is 307 g/mol. The fourth-order valence-electron chi connectivity index (χ4n) is 2.47. The number of aromatic nitrogens is 3. The Morgan fingerprint density at radius 3 is 2.88 bits per heavy atom. The highest BCUT2D eigenvalue weighted by Gasteiger charge is 2.18. The predicted molar refractivity (Wildman–Crippen MR) is 90.3 cm³/mol. The lowest BCUT2D eigenvalue weighted by molar-refractivity contribution is 0.0936. The van der Waals surface area contributed by atoms with Crippen molar-refractivity contribution in [3.05, 3.63) is 53.9 Å². The zero-order valence-corrected chi connectivity index (χ0v) is 13.9. The molecule has 0 spiro atoms. The van der Waals surface area contributed by atoms with E-state index in [9.17, 15) is 9.18 Å². The number of benzene rings is 1. The first-order valence-corrected chi connectivity index (χ1v) is 7.91. The highest BCUT2D eigenvalue weighted by atomic mass is 19.1. The molecule has 0 radical (unpaired) electrons. The highest BCUT2D eigenvalue weighted by Crippen LogP contribution is 2.21. The summed E-state index contributed by atoms with van der Waals surface area (Å²) in [4.78, 5) is 21.2. The lowest BCUT2D eigenvalue weighted by Gasteiger charge is -2.10. The monoisotopic (exact) mass is 326 g/mol. The second kappa shape index (κ2) is 6.39. The first kappa shape index (κ1) is 16.1. The third kappa shape index (κ3) is 2.99. The standard InChI is InChI=1S/C18H19FN4O/c1-4-11(2)21-18(24)16-17-22-15(8-12(3)23(17)10-20-16)13-6-5-7-14(19)9-13/h5-11H,4H2,1-3H3,(H,21,24)/t11-/m0/s1. The topological polar surface area (TPSA) is 59.3 Å². The van der Waals surface area contributed by atoms with Gasteiger partial charge in [0.25, 0.3) is 5.91 Å². The van der Waals surface area contributed by atoms with Gasteiger partial charge in [-0.2, -0.15) is 0 Å². The van der Waals surface area contributed by atoms with E-state index in [1.807, 2.05) is 26.8 Å². The van der Waals surface area contributed by atoms with E-state index in [0.717, 1.165) is 12.1 Å². The number of hydrogen-bond donors (Lipinski definition) is 1. The summed E-state index contributed by atoms with van der Waals surface area (Å²) in [6, 6.07) is 8.14. The number of fused-ring (bicyclic) bond motifs is 1. The van der Waals surface area contributed by atoms with Gasteiger partial charge in [-0.3, -0.25) is 9.20 Å². The molecule has 24 heavy (non-hydrogen) atoms. The molecule has 0 aliphatic carbocycles. The number of halogens is 1. The molecule has 0 aliphatic heterocycles. The summed E-state index contributed by atoms with van der Waals surface area (Å²) in [6.45, 7) is 5.84. The molecule has 1 N–H and O–H groups in total. The Labute approximate surface area is 139 Å². The van der Waals surface area contributed by atoms with Gasteiger partial charge >= 0.3 is 0 Å². The van der Waals surface area contributed by atoms with Gasteiger partial charge in [0.15, 0.2) is 11.3 Å². The molecule has 0 unspecified atom stereocenters. The maximum Gasteiger partial charge on any atom is 0.274 e. The van der Waals surface area contributed by atoms with Crippen molar-refractivity contribution < 1.29 is 9.18 Å². The zero-order valence-electron chi connectivity index (χ0n) is 13.9. The number of imidazole rings is 1. The van der Waals surface area contributed by atoms with Crippen molar-refractivity contribution in [2.45, 2.75) is 33.2 Å². The Hall–Kier alpha value is -2.76. The van der Waals surface area contributed by atoms with Gasteiger partial charge < -0.3 is 5.32 Å². The lowest BCUT2D eigenvalue weighted by atomic mass is 10.1. The van der Waals surface area contributed by atoms with Crippen LogP contribution in [0.25, 0.3) is 16.9 Å². The molecule has 1 aromatic carbocycles.